The van der Waals surface area contributed by atoms with Gasteiger partial charge in [-0.2, -0.15) is 0 Å². The molecule has 0 aliphatic rings. The predicted molar refractivity (Wildman–Crippen MR) is 110 cm³/mol. The van der Waals surface area contributed by atoms with E-state index in [-0.39, 0.29) is 16.6 Å². The molecular formula is C23H44O2. The molecule has 0 aromatic carbocycles. The first-order valence-corrected chi connectivity index (χ1v) is 9.89. The summed E-state index contributed by atoms with van der Waals surface area (Å²) in [6, 6.07) is 0. The molecule has 148 valence electrons. The van der Waals surface area contributed by atoms with Crippen molar-refractivity contribution in [3.05, 3.63) is 12.2 Å². The minimum absolute atomic E-state index is 0.0148. The monoisotopic (exact) mass is 352 g/mol. The van der Waals surface area contributed by atoms with E-state index < -0.39 is 11.0 Å². The fourth-order valence-electron chi connectivity index (χ4n) is 3.56. The second-order valence-corrected chi connectivity index (χ2v) is 10.5. The highest BCUT2D eigenvalue weighted by Crippen LogP contribution is 2.52. The zero-order chi connectivity index (χ0) is 20.3. The highest BCUT2D eigenvalue weighted by atomic mass is 16.3. The van der Waals surface area contributed by atoms with Crippen LogP contribution in [0.15, 0.2) is 12.2 Å². The second kappa shape index (κ2) is 7.94. The Bertz CT molecular complexity index is 480. The maximum Gasteiger partial charge on any atom is 0.161 e. The lowest BCUT2D eigenvalue weighted by atomic mass is 9.56. The Labute approximate surface area is 157 Å². The third kappa shape index (κ3) is 5.67. The number of carbonyl (C=O) groups excluding carboxylic acids is 1. The van der Waals surface area contributed by atoms with E-state index in [9.17, 15) is 9.90 Å². The third-order valence-corrected chi connectivity index (χ3v) is 7.28. The molecule has 25 heavy (non-hydrogen) atoms. The van der Waals surface area contributed by atoms with Crippen molar-refractivity contribution in [3.63, 3.8) is 0 Å². The molecule has 2 heteroatoms. The van der Waals surface area contributed by atoms with Crippen molar-refractivity contribution in [1.82, 2.24) is 0 Å². The summed E-state index contributed by atoms with van der Waals surface area (Å²) in [4.78, 5) is 12.0. The van der Waals surface area contributed by atoms with Crippen LogP contribution in [0.3, 0.4) is 0 Å². The number of rotatable bonds is 10. The molecule has 0 saturated heterocycles. The van der Waals surface area contributed by atoms with Crippen LogP contribution in [-0.4, -0.2) is 16.5 Å². The summed E-state index contributed by atoms with van der Waals surface area (Å²) in [5.41, 5.74) is -1.51. The average molecular weight is 353 g/mol. The minimum Gasteiger partial charge on any atom is -0.382 e. The van der Waals surface area contributed by atoms with Crippen molar-refractivity contribution in [2.24, 2.45) is 21.7 Å². The van der Waals surface area contributed by atoms with E-state index in [0.717, 1.165) is 25.7 Å². The molecule has 0 aliphatic carbocycles. The number of aliphatic hydroxyl groups is 1. The van der Waals surface area contributed by atoms with E-state index in [1.807, 2.05) is 13.8 Å². The van der Waals surface area contributed by atoms with Crippen molar-refractivity contribution in [1.29, 1.82) is 0 Å². The van der Waals surface area contributed by atoms with Crippen molar-refractivity contribution in [3.8, 4) is 0 Å². The molecule has 2 unspecified atom stereocenters. The molecule has 0 fully saturated rings. The summed E-state index contributed by atoms with van der Waals surface area (Å²) in [6.07, 6.45) is 8.76. The second-order valence-electron chi connectivity index (χ2n) is 10.5. The summed E-state index contributed by atoms with van der Waals surface area (Å²) in [6.45, 7) is 23.1. The SMILES string of the molecule is CCC(C)(C)CC=CC(C)(CC)C(C)(C)CC(C)(C)C(C)(O)C(C)=O. The van der Waals surface area contributed by atoms with Crippen LogP contribution in [0.1, 0.15) is 102 Å². The number of carbonyl (C=O) groups is 1. The van der Waals surface area contributed by atoms with Gasteiger partial charge in [-0.05, 0) is 49.4 Å². The van der Waals surface area contributed by atoms with Crippen molar-refractivity contribution >= 4 is 5.78 Å². The summed E-state index contributed by atoms with van der Waals surface area (Å²) >= 11 is 0. The average Bonchev–Trinajstić information content (AvgIpc) is 2.45. The molecule has 0 rings (SSSR count). The Morgan fingerprint density at radius 1 is 0.880 bits per heavy atom. The number of allylic oxidation sites excluding steroid dienone is 2. The Balaban J connectivity index is 5.55. The predicted octanol–water partition coefficient (Wildman–Crippen LogP) is 6.57. The van der Waals surface area contributed by atoms with Gasteiger partial charge < -0.3 is 5.11 Å². The van der Waals surface area contributed by atoms with Crippen LogP contribution in [0.5, 0.6) is 0 Å². The number of hydrogen-bond acceptors (Lipinski definition) is 2. The van der Waals surface area contributed by atoms with Crippen LogP contribution < -0.4 is 0 Å². The largest absolute Gasteiger partial charge is 0.382 e. The molecule has 0 heterocycles. The Kier molecular flexibility index (Phi) is 7.74. The van der Waals surface area contributed by atoms with Gasteiger partial charge >= 0.3 is 0 Å². The number of ketones is 1. The van der Waals surface area contributed by atoms with Gasteiger partial charge in [-0.25, -0.2) is 0 Å². The minimum atomic E-state index is -1.31. The van der Waals surface area contributed by atoms with Crippen molar-refractivity contribution in [2.75, 3.05) is 0 Å². The number of hydrogen-bond donors (Lipinski definition) is 1. The quantitative estimate of drug-likeness (QED) is 0.452. The van der Waals surface area contributed by atoms with Crippen LogP contribution >= 0.6 is 0 Å². The lowest BCUT2D eigenvalue weighted by molar-refractivity contribution is -0.150. The molecule has 2 nitrogen and oxygen atoms in total. The molecule has 2 atom stereocenters. The molecule has 0 aromatic heterocycles. The molecule has 0 saturated carbocycles. The Hall–Kier alpha value is -0.630. The van der Waals surface area contributed by atoms with Crippen LogP contribution in [0.2, 0.25) is 0 Å². The summed E-state index contributed by atoms with van der Waals surface area (Å²) in [5.74, 6) is -0.160. The van der Waals surface area contributed by atoms with Gasteiger partial charge in [-0.1, -0.05) is 80.9 Å². The summed E-state index contributed by atoms with van der Waals surface area (Å²) in [7, 11) is 0. The molecule has 0 aliphatic heterocycles. The smallest absolute Gasteiger partial charge is 0.161 e. The lowest BCUT2D eigenvalue weighted by Gasteiger charge is -2.50. The van der Waals surface area contributed by atoms with Gasteiger partial charge in [0.25, 0.3) is 0 Å². The van der Waals surface area contributed by atoms with Gasteiger partial charge in [-0.3, -0.25) is 4.79 Å². The highest BCUT2D eigenvalue weighted by Gasteiger charge is 2.49. The van der Waals surface area contributed by atoms with Gasteiger partial charge in [0.1, 0.15) is 5.60 Å². The molecular weight excluding hydrogens is 308 g/mol. The zero-order valence-corrected chi connectivity index (χ0v) is 18.8. The first kappa shape index (κ1) is 24.4. The van der Waals surface area contributed by atoms with Crippen LogP contribution in [0.25, 0.3) is 0 Å². The van der Waals surface area contributed by atoms with E-state index in [2.05, 4.69) is 60.6 Å². The lowest BCUT2D eigenvalue weighted by Crippen LogP contribution is -2.51. The van der Waals surface area contributed by atoms with Crippen molar-refractivity contribution in [2.45, 2.75) is 107 Å². The first-order chi connectivity index (χ1) is 11.0. The topological polar surface area (TPSA) is 37.3 Å². The van der Waals surface area contributed by atoms with Crippen molar-refractivity contribution < 1.29 is 9.90 Å². The summed E-state index contributed by atoms with van der Waals surface area (Å²) in [5, 5.41) is 10.8. The van der Waals surface area contributed by atoms with E-state index in [0.29, 0.717) is 5.41 Å². The van der Waals surface area contributed by atoms with Gasteiger partial charge in [0, 0.05) is 5.41 Å². The fourth-order valence-corrected chi connectivity index (χ4v) is 3.56. The van der Waals surface area contributed by atoms with Gasteiger partial charge in [0.15, 0.2) is 5.78 Å². The maximum atomic E-state index is 12.0. The molecule has 0 amide bonds. The Morgan fingerprint density at radius 2 is 1.36 bits per heavy atom. The molecule has 1 N–H and O–H groups in total. The van der Waals surface area contributed by atoms with Crippen LogP contribution in [0.4, 0.5) is 0 Å². The number of Topliss-reactive ketones (excluding diaryl/α,β-unsaturated/α-hetero) is 1. The van der Waals surface area contributed by atoms with E-state index in [4.69, 9.17) is 0 Å². The third-order valence-electron chi connectivity index (χ3n) is 7.28. The standard InChI is InChI=1S/C23H44O2/c1-12-19(4,5)15-14-16-22(10,13-2)20(6,7)17-21(8,9)23(11,25)18(3)24/h14,16,25H,12-13,15,17H2,1-11H3. The zero-order valence-electron chi connectivity index (χ0n) is 18.8. The van der Waals surface area contributed by atoms with Gasteiger partial charge in [0.2, 0.25) is 0 Å². The van der Waals surface area contributed by atoms with E-state index >= 15 is 0 Å². The molecule has 0 radical (unpaired) electrons. The Morgan fingerprint density at radius 3 is 1.72 bits per heavy atom. The fraction of sp³-hybridized carbons (Fsp3) is 0.870. The maximum absolute atomic E-state index is 12.0. The molecule has 0 spiro atoms. The summed E-state index contributed by atoms with van der Waals surface area (Å²) < 4.78 is 0. The first-order valence-electron chi connectivity index (χ1n) is 9.89. The highest BCUT2D eigenvalue weighted by molar-refractivity contribution is 5.85. The normalized spacial score (nSPS) is 18.9. The van der Waals surface area contributed by atoms with Crippen LogP contribution in [-0.2, 0) is 4.79 Å². The molecule has 0 aromatic rings. The van der Waals surface area contributed by atoms with Gasteiger partial charge in [-0.15, -0.1) is 0 Å². The molecule has 0 bridgehead atoms. The van der Waals surface area contributed by atoms with E-state index in [1.165, 1.54) is 6.92 Å². The van der Waals surface area contributed by atoms with Crippen LogP contribution in [0, 0.1) is 21.7 Å². The van der Waals surface area contributed by atoms with Gasteiger partial charge in [0.05, 0.1) is 0 Å². The van der Waals surface area contributed by atoms with E-state index in [1.54, 1.807) is 6.92 Å².